The van der Waals surface area contributed by atoms with Crippen LogP contribution < -0.4 is 0 Å². The molecular formula is C20H24ClNO2S. The summed E-state index contributed by atoms with van der Waals surface area (Å²) in [5.41, 5.74) is 3.11. The Bertz CT molecular complexity index is 846. The monoisotopic (exact) mass is 377 g/mol. The summed E-state index contributed by atoms with van der Waals surface area (Å²) in [5.74, 6) is 0. The molecule has 1 aliphatic rings. The molecule has 1 atom stereocenters. The summed E-state index contributed by atoms with van der Waals surface area (Å²) in [5, 5.41) is 0.668. The highest BCUT2D eigenvalue weighted by Gasteiger charge is 2.33. The molecule has 1 unspecified atom stereocenters. The Morgan fingerprint density at radius 2 is 1.68 bits per heavy atom. The summed E-state index contributed by atoms with van der Waals surface area (Å²) in [6.45, 7) is 4.50. The first-order valence-corrected chi connectivity index (χ1v) is 10.6. The molecule has 0 bridgehead atoms. The van der Waals surface area contributed by atoms with Crippen molar-refractivity contribution in [3.8, 4) is 0 Å². The van der Waals surface area contributed by atoms with Crippen LogP contribution in [0, 0.1) is 13.8 Å². The molecule has 0 amide bonds. The van der Waals surface area contributed by atoms with Crippen molar-refractivity contribution in [1.29, 1.82) is 0 Å². The molecule has 0 saturated carbocycles. The fraction of sp³-hybridized carbons (Fsp3) is 0.400. The lowest BCUT2D eigenvalue weighted by molar-refractivity contribution is 0.329. The molecule has 1 heterocycles. The predicted molar refractivity (Wildman–Crippen MR) is 102 cm³/mol. The largest absolute Gasteiger partial charge is 0.243 e. The average molecular weight is 378 g/mol. The van der Waals surface area contributed by atoms with Crippen LogP contribution in [-0.4, -0.2) is 19.3 Å². The van der Waals surface area contributed by atoms with Gasteiger partial charge in [0.15, 0.2) is 0 Å². The van der Waals surface area contributed by atoms with Crippen LogP contribution in [0.2, 0.25) is 5.02 Å². The summed E-state index contributed by atoms with van der Waals surface area (Å²) in [6, 6.07) is 12.8. The number of hydrogen-bond acceptors (Lipinski definition) is 2. The minimum absolute atomic E-state index is 0.133. The van der Waals surface area contributed by atoms with E-state index < -0.39 is 10.0 Å². The standard InChI is InChI=1S/C20H24ClNO2S/c1-15-7-12-19(14-16(15)2)25(23,24)22-13-5-3-4-6-20(22)17-8-10-18(21)11-9-17/h7-12,14,20H,3-6,13H2,1-2H3. The van der Waals surface area contributed by atoms with E-state index in [-0.39, 0.29) is 6.04 Å². The summed E-state index contributed by atoms with van der Waals surface area (Å²) in [4.78, 5) is 0.386. The van der Waals surface area contributed by atoms with E-state index in [1.165, 1.54) is 0 Å². The second-order valence-electron chi connectivity index (χ2n) is 6.78. The third kappa shape index (κ3) is 3.91. The Morgan fingerprint density at radius 3 is 2.36 bits per heavy atom. The molecule has 1 saturated heterocycles. The van der Waals surface area contributed by atoms with Crippen LogP contribution in [0.3, 0.4) is 0 Å². The number of benzene rings is 2. The third-order valence-electron chi connectivity index (χ3n) is 5.04. The molecule has 25 heavy (non-hydrogen) atoms. The second kappa shape index (κ2) is 7.48. The SMILES string of the molecule is Cc1ccc(S(=O)(=O)N2CCCCCC2c2ccc(Cl)cc2)cc1C. The minimum Gasteiger partial charge on any atom is -0.207 e. The van der Waals surface area contributed by atoms with Gasteiger partial charge in [0.2, 0.25) is 10.0 Å². The van der Waals surface area contributed by atoms with Crippen LogP contribution in [0.25, 0.3) is 0 Å². The minimum atomic E-state index is -3.53. The Kier molecular flexibility index (Phi) is 5.52. The van der Waals surface area contributed by atoms with E-state index in [4.69, 9.17) is 11.6 Å². The molecule has 0 radical (unpaired) electrons. The maximum atomic E-state index is 13.4. The van der Waals surface area contributed by atoms with Crippen LogP contribution >= 0.6 is 11.6 Å². The van der Waals surface area contributed by atoms with E-state index >= 15 is 0 Å². The van der Waals surface area contributed by atoms with Crippen molar-refractivity contribution in [2.45, 2.75) is 50.5 Å². The lowest BCUT2D eigenvalue weighted by Gasteiger charge is -2.29. The molecule has 0 aromatic heterocycles. The first-order valence-electron chi connectivity index (χ1n) is 8.74. The summed E-state index contributed by atoms with van der Waals surface area (Å²) in [6.07, 6.45) is 3.83. The highest BCUT2D eigenvalue weighted by molar-refractivity contribution is 7.89. The van der Waals surface area contributed by atoms with Crippen LogP contribution in [0.4, 0.5) is 0 Å². The molecule has 1 fully saturated rings. The molecule has 0 aliphatic carbocycles. The highest BCUT2D eigenvalue weighted by atomic mass is 35.5. The van der Waals surface area contributed by atoms with Crippen LogP contribution in [0.5, 0.6) is 0 Å². The number of hydrogen-bond donors (Lipinski definition) is 0. The number of rotatable bonds is 3. The maximum absolute atomic E-state index is 13.4. The molecule has 3 nitrogen and oxygen atoms in total. The van der Waals surface area contributed by atoms with Gasteiger partial charge in [-0.15, -0.1) is 0 Å². The Balaban J connectivity index is 2.02. The van der Waals surface area contributed by atoms with E-state index in [0.29, 0.717) is 16.5 Å². The van der Waals surface area contributed by atoms with E-state index in [1.807, 2.05) is 44.2 Å². The van der Waals surface area contributed by atoms with E-state index in [2.05, 4.69) is 0 Å². The normalized spacial score (nSPS) is 19.6. The van der Waals surface area contributed by atoms with Crippen molar-refractivity contribution in [3.05, 3.63) is 64.2 Å². The van der Waals surface area contributed by atoms with Gasteiger partial charge in [-0.2, -0.15) is 4.31 Å². The average Bonchev–Trinajstić information content (AvgIpc) is 2.84. The smallest absolute Gasteiger partial charge is 0.207 e. The lowest BCUT2D eigenvalue weighted by Crippen LogP contribution is -2.34. The van der Waals surface area contributed by atoms with Crippen molar-refractivity contribution in [1.82, 2.24) is 4.31 Å². The van der Waals surface area contributed by atoms with Gasteiger partial charge < -0.3 is 0 Å². The number of sulfonamides is 1. The predicted octanol–water partition coefficient (Wildman–Crippen LogP) is 5.26. The molecule has 1 aliphatic heterocycles. The third-order valence-corrected chi connectivity index (χ3v) is 7.20. The molecule has 0 spiro atoms. The lowest BCUT2D eigenvalue weighted by atomic mass is 10.0. The van der Waals surface area contributed by atoms with Crippen molar-refractivity contribution < 1.29 is 8.42 Å². The van der Waals surface area contributed by atoms with Crippen molar-refractivity contribution in [3.63, 3.8) is 0 Å². The van der Waals surface area contributed by atoms with Gasteiger partial charge in [-0.25, -0.2) is 8.42 Å². The molecule has 5 heteroatoms. The molecule has 2 aromatic rings. The molecular weight excluding hydrogens is 354 g/mol. The van der Waals surface area contributed by atoms with E-state index in [1.54, 1.807) is 16.4 Å². The number of halogens is 1. The zero-order chi connectivity index (χ0) is 18.0. The van der Waals surface area contributed by atoms with Gasteiger partial charge in [0.05, 0.1) is 10.9 Å². The molecule has 2 aromatic carbocycles. The van der Waals surface area contributed by atoms with Crippen molar-refractivity contribution >= 4 is 21.6 Å². The Hall–Kier alpha value is -1.36. The quantitative estimate of drug-likeness (QED) is 0.731. The first kappa shape index (κ1) is 18.4. The van der Waals surface area contributed by atoms with Gasteiger partial charge in [-0.1, -0.05) is 42.6 Å². The van der Waals surface area contributed by atoms with Gasteiger partial charge >= 0.3 is 0 Å². The van der Waals surface area contributed by atoms with Crippen LogP contribution in [0.1, 0.15) is 48.4 Å². The van der Waals surface area contributed by atoms with Crippen LogP contribution in [-0.2, 0) is 10.0 Å². The zero-order valence-corrected chi connectivity index (χ0v) is 16.3. The molecule has 134 valence electrons. The number of nitrogens with zero attached hydrogens (tertiary/aromatic N) is 1. The Morgan fingerprint density at radius 1 is 0.960 bits per heavy atom. The molecule has 0 N–H and O–H groups in total. The Labute approximate surface area is 155 Å². The topological polar surface area (TPSA) is 37.4 Å². The fourth-order valence-electron chi connectivity index (χ4n) is 3.40. The van der Waals surface area contributed by atoms with Gasteiger partial charge in [-0.05, 0) is 67.6 Å². The summed E-state index contributed by atoms with van der Waals surface area (Å²) in [7, 11) is -3.53. The summed E-state index contributed by atoms with van der Waals surface area (Å²) < 4.78 is 28.4. The van der Waals surface area contributed by atoms with Crippen LogP contribution in [0.15, 0.2) is 47.4 Å². The van der Waals surface area contributed by atoms with Crippen molar-refractivity contribution in [2.75, 3.05) is 6.54 Å². The summed E-state index contributed by atoms with van der Waals surface area (Å²) >= 11 is 6.01. The maximum Gasteiger partial charge on any atom is 0.243 e. The molecule has 3 rings (SSSR count). The van der Waals surface area contributed by atoms with Gasteiger partial charge in [-0.3, -0.25) is 0 Å². The highest BCUT2D eigenvalue weighted by Crippen LogP contribution is 2.35. The van der Waals surface area contributed by atoms with E-state index in [0.717, 1.165) is 42.4 Å². The van der Waals surface area contributed by atoms with Gasteiger partial charge in [0.1, 0.15) is 0 Å². The zero-order valence-electron chi connectivity index (χ0n) is 14.7. The van der Waals surface area contributed by atoms with Crippen molar-refractivity contribution in [2.24, 2.45) is 0 Å². The fourth-order valence-corrected chi connectivity index (χ4v) is 5.29. The van der Waals surface area contributed by atoms with E-state index in [9.17, 15) is 8.42 Å². The number of aryl methyl sites for hydroxylation is 2. The second-order valence-corrected chi connectivity index (χ2v) is 9.11. The van der Waals surface area contributed by atoms with Gasteiger partial charge in [0.25, 0.3) is 0 Å². The first-order chi connectivity index (χ1) is 11.9. The van der Waals surface area contributed by atoms with Gasteiger partial charge in [0, 0.05) is 11.6 Å².